The van der Waals surface area contributed by atoms with E-state index < -0.39 is 91.2 Å². The van der Waals surface area contributed by atoms with E-state index >= 15 is 8.78 Å². The van der Waals surface area contributed by atoms with Crippen LogP contribution in [-0.4, -0.2) is 151 Å². The van der Waals surface area contributed by atoms with Gasteiger partial charge >= 0.3 is 23.9 Å². The molecule has 0 radical (unpaired) electrons. The number of anilines is 2. The molecule has 2 aliphatic rings. The minimum Gasteiger partial charge on any atom is -0.504 e. The highest BCUT2D eigenvalue weighted by molar-refractivity contribution is 6.17. The van der Waals surface area contributed by atoms with Crippen molar-refractivity contribution >= 4 is 69.6 Å². The summed E-state index contributed by atoms with van der Waals surface area (Å²) in [5.74, 6) is -9.63. The van der Waals surface area contributed by atoms with Crippen molar-refractivity contribution in [1.82, 2.24) is 10.2 Å². The van der Waals surface area contributed by atoms with Crippen LogP contribution in [0.4, 0.5) is 20.2 Å². The topological polar surface area (TPSA) is 292 Å². The molecule has 0 atom stereocenters. The number of unbranched alkanes of at least 4 members (excludes halogenated alkanes) is 3. The Morgan fingerprint density at radius 1 is 0.697 bits per heavy atom. The number of rotatable bonds is 33. The predicted octanol–water partition coefficient (Wildman–Crippen LogP) is 5.95. The van der Waals surface area contributed by atoms with Crippen molar-refractivity contribution in [1.29, 1.82) is 0 Å². The lowest BCUT2D eigenvalue weighted by Crippen LogP contribution is -2.35. The fourth-order valence-electron chi connectivity index (χ4n) is 8.06. The average Bonchev–Trinajstić information content (AvgIpc) is 3.34. The molecule has 0 fully saturated rings. The maximum absolute atomic E-state index is 16.1. The quantitative estimate of drug-likeness (QED) is 0.0161. The number of nitrogens with zero attached hydrogens (tertiary/aromatic N) is 3. The number of carbonyl (C=O) groups is 6. The van der Waals surface area contributed by atoms with Gasteiger partial charge in [0.25, 0.3) is 0 Å². The van der Waals surface area contributed by atoms with Gasteiger partial charge < -0.3 is 68.9 Å². The number of ether oxygens (including phenoxy) is 4. The van der Waals surface area contributed by atoms with Crippen LogP contribution in [0, 0.1) is 18.6 Å². The fourth-order valence-corrected chi connectivity index (χ4v) is 8.25. The lowest BCUT2D eigenvalue weighted by atomic mass is 9.91. The van der Waals surface area contributed by atoms with Gasteiger partial charge in [0.2, 0.25) is 17.2 Å². The zero-order valence-corrected chi connectivity index (χ0v) is 42.5. The summed E-state index contributed by atoms with van der Waals surface area (Å²) in [6.45, 7) is 0.0375. The van der Waals surface area contributed by atoms with Crippen molar-refractivity contribution in [2.24, 2.45) is 0 Å². The highest BCUT2D eigenvalue weighted by atomic mass is 35.5. The number of amides is 2. The number of benzene rings is 4. The molecule has 2 amide bonds. The molecule has 410 valence electrons. The van der Waals surface area contributed by atoms with Crippen LogP contribution >= 0.6 is 11.6 Å². The van der Waals surface area contributed by atoms with E-state index in [2.05, 4.69) is 5.32 Å². The molecule has 0 spiro atoms. The maximum atomic E-state index is 16.1. The standard InChI is InChI=1S/C52H59ClF2N4O17/c1-31-7-9-39(58(27-46(63)64)28-47(65)66)43(21-31)74-19-20-75-44-22-33(8-10-40(44)59(29-48(67)68)30-49(69)70)50-34-23-37(54)41(61)25-42(34)76-52-35(50)24-38(55)51(71)36(52)26-57(32(2)60)14-11-45(62)56-13-16-73-18-17-72-15-6-4-3-5-12-53/h7-10,21-25,71H,3-6,11-20,26-30H2,1-2H3,(H,56,62)(H,63,64)(H,65,66)(H,67,68)(H,69,70). The highest BCUT2D eigenvalue weighted by Gasteiger charge is 2.28. The normalized spacial score (nSPS) is 11.1. The maximum Gasteiger partial charge on any atom is 0.323 e. The number of halogens is 3. The Bertz CT molecular complexity index is 2870. The molecule has 0 unspecified atom stereocenters. The number of nitrogens with one attached hydrogen (secondary N) is 1. The number of carboxylic acid groups (broad SMARTS) is 4. The molecule has 0 saturated heterocycles. The molecule has 0 saturated carbocycles. The monoisotopic (exact) mass is 1080 g/mol. The van der Waals surface area contributed by atoms with Gasteiger partial charge in [-0.3, -0.25) is 33.6 Å². The fraction of sp³-hybridized carbons (Fsp3) is 0.404. The lowest BCUT2D eigenvalue weighted by molar-refractivity contribution is -0.138. The average molecular weight is 1090 g/mol. The third-order valence-electron chi connectivity index (χ3n) is 11.6. The van der Waals surface area contributed by atoms with Gasteiger partial charge in [-0.1, -0.05) is 25.0 Å². The van der Waals surface area contributed by atoms with Crippen LogP contribution in [0.15, 0.2) is 63.8 Å². The Morgan fingerprint density at radius 3 is 1.87 bits per heavy atom. The van der Waals surface area contributed by atoms with Crippen molar-refractivity contribution in [3.05, 3.63) is 87.6 Å². The molecule has 3 aromatic rings. The van der Waals surface area contributed by atoms with Crippen LogP contribution in [-0.2, 0) is 44.8 Å². The summed E-state index contributed by atoms with van der Waals surface area (Å²) in [4.78, 5) is 89.3. The van der Waals surface area contributed by atoms with E-state index in [9.17, 15) is 59.1 Å². The molecule has 24 heteroatoms. The van der Waals surface area contributed by atoms with Gasteiger partial charge in [0.05, 0.1) is 43.3 Å². The second-order valence-corrected chi connectivity index (χ2v) is 17.7. The van der Waals surface area contributed by atoms with Crippen LogP contribution in [0.1, 0.15) is 50.2 Å². The predicted molar refractivity (Wildman–Crippen MR) is 273 cm³/mol. The van der Waals surface area contributed by atoms with Crippen molar-refractivity contribution in [2.75, 3.05) is 94.6 Å². The molecular formula is C52H59ClF2N4O17. The first-order chi connectivity index (χ1) is 36.3. The first-order valence-corrected chi connectivity index (χ1v) is 24.5. The molecule has 76 heavy (non-hydrogen) atoms. The number of alkyl halides is 1. The Balaban J connectivity index is 1.47. The summed E-state index contributed by atoms with van der Waals surface area (Å²) in [6.07, 6.45) is 3.71. The number of aromatic hydroxyl groups is 1. The molecule has 0 aromatic heterocycles. The van der Waals surface area contributed by atoms with Crippen LogP contribution in [0.25, 0.3) is 33.4 Å². The van der Waals surface area contributed by atoms with E-state index in [0.29, 0.717) is 31.3 Å². The minimum atomic E-state index is -1.42. The van der Waals surface area contributed by atoms with E-state index in [-0.39, 0.29) is 101 Å². The first-order valence-electron chi connectivity index (χ1n) is 24.0. The van der Waals surface area contributed by atoms with Crippen molar-refractivity contribution in [3.8, 4) is 39.7 Å². The van der Waals surface area contributed by atoms with Crippen molar-refractivity contribution in [2.45, 2.75) is 52.5 Å². The molecular weight excluding hydrogens is 1030 g/mol. The van der Waals surface area contributed by atoms with Crippen molar-refractivity contribution in [3.63, 3.8) is 0 Å². The van der Waals surface area contributed by atoms with E-state index in [1.54, 1.807) is 13.0 Å². The van der Waals surface area contributed by atoms with Gasteiger partial charge in [-0.15, -0.1) is 11.6 Å². The SMILES string of the molecule is CC(=O)N(CCC(=O)NCCOCCOCCCCCCCl)Cc1c(O)c(F)cc2c(-c3ccc(N(CC(=O)O)CC(=O)O)c(OCCOc4cc(C)ccc4N(CC(=O)O)CC(=O)O)c3)c3cc(F)c(=O)cc-3oc12. The number of phenolic OH excluding ortho intramolecular Hbond substituents is 1. The van der Waals surface area contributed by atoms with Crippen LogP contribution in [0.5, 0.6) is 17.2 Å². The Hall–Kier alpha value is -7.76. The van der Waals surface area contributed by atoms with Gasteiger partial charge in [-0.25, -0.2) is 8.78 Å². The van der Waals surface area contributed by atoms with Gasteiger partial charge in [0.15, 0.2) is 17.4 Å². The number of phenols is 1. The van der Waals surface area contributed by atoms with E-state index in [1.165, 1.54) is 37.3 Å². The lowest BCUT2D eigenvalue weighted by Gasteiger charge is -2.26. The van der Waals surface area contributed by atoms with E-state index in [1.807, 2.05) is 0 Å². The number of carboxylic acids is 4. The van der Waals surface area contributed by atoms with Gasteiger partial charge in [-0.2, -0.15) is 0 Å². The highest BCUT2D eigenvalue weighted by Crippen LogP contribution is 2.46. The summed E-state index contributed by atoms with van der Waals surface area (Å²) in [5.41, 5.74) is -0.991. The Morgan fingerprint density at radius 2 is 1.28 bits per heavy atom. The third-order valence-corrected chi connectivity index (χ3v) is 11.8. The number of carbonyl (C=O) groups excluding carboxylic acids is 2. The summed E-state index contributed by atoms with van der Waals surface area (Å²) >= 11 is 5.69. The molecule has 6 N–H and O–H groups in total. The summed E-state index contributed by atoms with van der Waals surface area (Å²) in [6, 6.07) is 11.1. The number of hydrogen-bond donors (Lipinski definition) is 6. The van der Waals surface area contributed by atoms with E-state index in [0.717, 1.165) is 58.6 Å². The zero-order chi connectivity index (χ0) is 55.5. The second-order valence-electron chi connectivity index (χ2n) is 17.3. The van der Waals surface area contributed by atoms with Gasteiger partial charge in [0, 0.05) is 61.5 Å². The first kappa shape index (κ1) is 59.1. The molecule has 1 aliphatic carbocycles. The Labute approximate surface area is 439 Å². The largest absolute Gasteiger partial charge is 0.504 e. The molecule has 1 heterocycles. The van der Waals surface area contributed by atoms with Crippen molar-refractivity contribution < 1.29 is 86.4 Å². The minimum absolute atomic E-state index is 0.0204. The second kappa shape index (κ2) is 28.8. The number of aryl methyl sites for hydroxylation is 1. The molecule has 3 aromatic carbocycles. The number of fused-ring (bicyclic) bond motifs is 2. The van der Waals surface area contributed by atoms with Crippen LogP contribution in [0.2, 0.25) is 0 Å². The summed E-state index contributed by atoms with van der Waals surface area (Å²) in [7, 11) is 0. The zero-order valence-electron chi connectivity index (χ0n) is 41.7. The summed E-state index contributed by atoms with van der Waals surface area (Å²) < 4.78 is 60.7. The molecule has 1 aliphatic heterocycles. The summed E-state index contributed by atoms with van der Waals surface area (Å²) in [5, 5.41) is 52.4. The van der Waals surface area contributed by atoms with Crippen LogP contribution < -0.4 is 30.0 Å². The Kier molecular flexibility index (Phi) is 22.4. The molecule has 0 bridgehead atoms. The molecule has 21 nitrogen and oxygen atoms in total. The van der Waals surface area contributed by atoms with Gasteiger partial charge in [-0.05, 0) is 67.3 Å². The van der Waals surface area contributed by atoms with E-state index in [4.69, 9.17) is 35.0 Å². The molecule has 5 rings (SSSR count). The third kappa shape index (κ3) is 17.1. The number of hydrogen-bond acceptors (Lipinski definition) is 15. The van der Waals surface area contributed by atoms with Crippen LogP contribution in [0.3, 0.4) is 0 Å². The number of aliphatic carboxylic acids is 4. The van der Waals surface area contributed by atoms with Gasteiger partial charge in [0.1, 0.15) is 62.2 Å². The smallest absolute Gasteiger partial charge is 0.323 e.